The molecule has 37 heavy (non-hydrogen) atoms. The molecule has 4 aliphatic heterocycles. The molecule has 4 heterocycles. The van der Waals surface area contributed by atoms with Crippen LogP contribution in [-0.2, 0) is 23.9 Å². The van der Waals surface area contributed by atoms with Gasteiger partial charge in [-0.3, -0.25) is 19.3 Å². The smallest absolute Gasteiger partial charge is 0.245 e. The second kappa shape index (κ2) is 11.6. The Balaban J connectivity index is 1.64. The Bertz CT molecular complexity index is 849. The summed E-state index contributed by atoms with van der Waals surface area (Å²) in [5.41, 5.74) is -1.81. The van der Waals surface area contributed by atoms with Gasteiger partial charge in [-0.15, -0.1) is 0 Å². The zero-order valence-electron chi connectivity index (χ0n) is 23.0. The van der Waals surface area contributed by atoms with Crippen LogP contribution in [0, 0.1) is 17.8 Å². The van der Waals surface area contributed by atoms with E-state index in [4.69, 9.17) is 9.47 Å². The molecule has 3 amide bonds. The van der Waals surface area contributed by atoms with Crippen molar-refractivity contribution in [3.05, 3.63) is 0 Å². The highest BCUT2D eigenvalue weighted by Crippen LogP contribution is 2.64. The third-order valence-corrected chi connectivity index (χ3v) is 8.88. The van der Waals surface area contributed by atoms with Crippen molar-refractivity contribution in [2.75, 3.05) is 52.5 Å². The monoisotopic (exact) mass is 522 g/mol. The van der Waals surface area contributed by atoms with Crippen molar-refractivity contribution < 1.29 is 29.0 Å². The van der Waals surface area contributed by atoms with Crippen molar-refractivity contribution >= 4 is 17.7 Å². The number of hydrogen-bond acceptors (Lipinski definition) is 7. The number of hydrogen-bond donors (Lipinski definition) is 3. The van der Waals surface area contributed by atoms with E-state index in [9.17, 15) is 19.5 Å². The molecule has 0 aromatic heterocycles. The number of carbonyl (C=O) groups is 3. The van der Waals surface area contributed by atoms with Gasteiger partial charge in [0.05, 0.1) is 43.3 Å². The quantitative estimate of drug-likeness (QED) is 0.342. The number of nitrogens with one attached hydrogen (secondary N) is 2. The molecule has 0 radical (unpaired) electrons. The topological polar surface area (TPSA) is 120 Å². The van der Waals surface area contributed by atoms with Gasteiger partial charge in [0.1, 0.15) is 11.6 Å². The van der Waals surface area contributed by atoms with Crippen LogP contribution in [0.5, 0.6) is 0 Å². The third-order valence-electron chi connectivity index (χ3n) is 8.88. The zero-order chi connectivity index (χ0) is 26.8. The summed E-state index contributed by atoms with van der Waals surface area (Å²) in [7, 11) is 0. The van der Waals surface area contributed by atoms with E-state index < -0.39 is 35.1 Å². The molecule has 4 saturated heterocycles. The molecule has 3 N–H and O–H groups in total. The average molecular weight is 523 g/mol. The summed E-state index contributed by atoms with van der Waals surface area (Å²) in [5.74, 6) is -1.81. The Morgan fingerprint density at radius 1 is 1.11 bits per heavy atom. The second-order valence-electron chi connectivity index (χ2n) is 11.6. The molecule has 10 nitrogen and oxygen atoms in total. The summed E-state index contributed by atoms with van der Waals surface area (Å²) in [4.78, 5) is 45.4. The molecule has 4 aliphatic rings. The van der Waals surface area contributed by atoms with E-state index in [1.54, 1.807) is 4.90 Å². The molecule has 0 aromatic carbocycles. The first-order valence-electron chi connectivity index (χ1n) is 14.2. The van der Waals surface area contributed by atoms with Gasteiger partial charge in [-0.2, -0.15) is 0 Å². The summed E-state index contributed by atoms with van der Waals surface area (Å²) in [6.45, 7) is 12.5. The number of rotatable bonds is 12. The van der Waals surface area contributed by atoms with E-state index in [2.05, 4.69) is 15.5 Å². The normalized spacial score (nSPS) is 34.2. The summed E-state index contributed by atoms with van der Waals surface area (Å²) in [6.07, 6.45) is 3.14. The van der Waals surface area contributed by atoms with Crippen LogP contribution in [0.2, 0.25) is 0 Å². The van der Waals surface area contributed by atoms with E-state index in [-0.39, 0.29) is 30.2 Å². The molecule has 4 rings (SSSR count). The first-order valence-corrected chi connectivity index (χ1v) is 14.2. The molecule has 0 saturated carbocycles. The molecule has 2 bridgehead atoms. The first-order chi connectivity index (χ1) is 17.7. The van der Waals surface area contributed by atoms with Crippen molar-refractivity contribution in [3.8, 4) is 0 Å². The van der Waals surface area contributed by atoms with E-state index in [0.29, 0.717) is 58.5 Å². The SMILES string of the molecule is CCCNC(=O)[C@@H]1[C@H]2C(=O)N([C@@H](CO)CC(C)C)C(C(=O)NCCN3CCOCC3)C23CC[C@@]1(CC)O3. The molecule has 6 atom stereocenters. The number of ether oxygens (including phenoxy) is 2. The lowest BCUT2D eigenvalue weighted by molar-refractivity contribution is -0.151. The first kappa shape index (κ1) is 28.3. The number of aliphatic hydroxyl groups excluding tert-OH is 1. The van der Waals surface area contributed by atoms with Gasteiger partial charge in [-0.05, 0) is 38.0 Å². The number of fused-ring (bicyclic) bond motifs is 1. The van der Waals surface area contributed by atoms with Gasteiger partial charge < -0.3 is 30.1 Å². The molecule has 210 valence electrons. The van der Waals surface area contributed by atoms with Gasteiger partial charge in [0, 0.05) is 32.7 Å². The van der Waals surface area contributed by atoms with Gasteiger partial charge in [-0.1, -0.05) is 27.7 Å². The van der Waals surface area contributed by atoms with E-state index in [0.717, 1.165) is 19.5 Å². The van der Waals surface area contributed by atoms with Crippen LogP contribution in [0.25, 0.3) is 0 Å². The average Bonchev–Trinajstić information content (AvgIpc) is 3.50. The Kier molecular flexibility index (Phi) is 8.82. The highest BCUT2D eigenvalue weighted by Gasteiger charge is 2.79. The van der Waals surface area contributed by atoms with Crippen LogP contribution in [0.3, 0.4) is 0 Å². The molecule has 0 aliphatic carbocycles. The predicted molar refractivity (Wildman–Crippen MR) is 138 cm³/mol. The van der Waals surface area contributed by atoms with Crippen LogP contribution in [0.1, 0.15) is 59.8 Å². The second-order valence-corrected chi connectivity index (χ2v) is 11.6. The summed E-state index contributed by atoms with van der Waals surface area (Å²) >= 11 is 0. The van der Waals surface area contributed by atoms with Gasteiger partial charge in [0.2, 0.25) is 17.7 Å². The largest absolute Gasteiger partial charge is 0.394 e. The number of nitrogens with zero attached hydrogens (tertiary/aromatic N) is 2. The fourth-order valence-electron chi connectivity index (χ4n) is 7.18. The minimum absolute atomic E-state index is 0.165. The maximum absolute atomic E-state index is 14.2. The van der Waals surface area contributed by atoms with Crippen LogP contribution in [-0.4, -0.2) is 108 Å². The maximum atomic E-state index is 14.2. The molecule has 1 spiro atoms. The molecule has 2 unspecified atom stereocenters. The van der Waals surface area contributed by atoms with Gasteiger partial charge in [-0.25, -0.2) is 0 Å². The molecule has 4 fully saturated rings. The number of likely N-dealkylation sites (tertiary alicyclic amines) is 1. The number of amides is 3. The van der Waals surface area contributed by atoms with E-state index in [1.165, 1.54) is 0 Å². The Morgan fingerprint density at radius 3 is 2.43 bits per heavy atom. The summed E-state index contributed by atoms with van der Waals surface area (Å²) < 4.78 is 12.2. The lowest BCUT2D eigenvalue weighted by Crippen LogP contribution is -2.58. The van der Waals surface area contributed by atoms with Crippen molar-refractivity contribution in [1.29, 1.82) is 0 Å². The molecule has 10 heteroatoms. The number of carbonyl (C=O) groups excluding carboxylic acids is 3. The van der Waals surface area contributed by atoms with E-state index >= 15 is 0 Å². The standard InChI is InChI=1S/C27H46N4O6/c1-5-9-28-23(33)20-21-25(35)31(19(17-32)16-18(3)4)22(27(21)8-7-26(20,6-2)37-27)24(34)29-10-11-30-12-14-36-15-13-30/h18-22,32H,5-17H2,1-4H3,(H,28,33)(H,29,34)/t19-,20+,21+,22?,26-,27?/m1/s1. The highest BCUT2D eigenvalue weighted by atomic mass is 16.5. The molecular weight excluding hydrogens is 476 g/mol. The molecular formula is C27H46N4O6. The summed E-state index contributed by atoms with van der Waals surface area (Å²) in [6, 6.07) is -1.38. The fraction of sp³-hybridized carbons (Fsp3) is 0.889. The Labute approximate surface area is 220 Å². The zero-order valence-corrected chi connectivity index (χ0v) is 23.0. The fourth-order valence-corrected chi connectivity index (χ4v) is 7.18. The summed E-state index contributed by atoms with van der Waals surface area (Å²) in [5, 5.41) is 16.4. The molecule has 0 aromatic rings. The van der Waals surface area contributed by atoms with Gasteiger partial charge in [0.15, 0.2) is 0 Å². The van der Waals surface area contributed by atoms with Gasteiger partial charge in [0.25, 0.3) is 0 Å². The Hall–Kier alpha value is -1.75. The van der Waals surface area contributed by atoms with Crippen LogP contribution >= 0.6 is 0 Å². The van der Waals surface area contributed by atoms with Crippen molar-refractivity contribution in [3.63, 3.8) is 0 Å². The van der Waals surface area contributed by atoms with Crippen molar-refractivity contribution in [2.24, 2.45) is 17.8 Å². The van der Waals surface area contributed by atoms with Crippen LogP contribution in [0.4, 0.5) is 0 Å². The minimum Gasteiger partial charge on any atom is -0.394 e. The Morgan fingerprint density at radius 2 is 1.81 bits per heavy atom. The van der Waals surface area contributed by atoms with Crippen molar-refractivity contribution in [1.82, 2.24) is 20.4 Å². The van der Waals surface area contributed by atoms with Gasteiger partial charge >= 0.3 is 0 Å². The van der Waals surface area contributed by atoms with Crippen LogP contribution in [0.15, 0.2) is 0 Å². The minimum atomic E-state index is -1.06. The number of aliphatic hydroxyl groups is 1. The third kappa shape index (κ3) is 5.02. The lowest BCUT2D eigenvalue weighted by Gasteiger charge is -2.38. The van der Waals surface area contributed by atoms with Crippen molar-refractivity contribution in [2.45, 2.75) is 83.1 Å². The maximum Gasteiger partial charge on any atom is 0.245 e. The lowest BCUT2D eigenvalue weighted by atomic mass is 9.65. The number of morpholine rings is 1. The van der Waals surface area contributed by atoms with Crippen LogP contribution < -0.4 is 10.6 Å². The predicted octanol–water partition coefficient (Wildman–Crippen LogP) is 0.523. The van der Waals surface area contributed by atoms with E-state index in [1.807, 2.05) is 27.7 Å². The highest BCUT2D eigenvalue weighted by molar-refractivity contribution is 5.99.